The van der Waals surface area contributed by atoms with E-state index in [0.29, 0.717) is 0 Å². The summed E-state index contributed by atoms with van der Waals surface area (Å²) in [5.41, 5.74) is 0.897. The maximum Gasteiger partial charge on any atom is 0.407 e. The predicted octanol–water partition coefficient (Wildman–Crippen LogP) is 3.81. The normalized spacial score (nSPS) is 21.7. The van der Waals surface area contributed by atoms with Gasteiger partial charge in [0.05, 0.1) is 0 Å². The molecule has 0 radical (unpaired) electrons. The number of amides is 1. The number of carbonyl (C=O) groups excluding carboxylic acids is 1. The van der Waals surface area contributed by atoms with Gasteiger partial charge in [0.15, 0.2) is 0 Å². The van der Waals surface area contributed by atoms with Crippen molar-refractivity contribution in [2.75, 3.05) is 13.1 Å². The third-order valence-electron chi connectivity index (χ3n) is 4.25. The van der Waals surface area contributed by atoms with Gasteiger partial charge in [0.1, 0.15) is 5.60 Å². The van der Waals surface area contributed by atoms with Crippen LogP contribution in [0.25, 0.3) is 0 Å². The van der Waals surface area contributed by atoms with E-state index < -0.39 is 5.60 Å². The standard InChI is InChI=1S/C19H30N2O2/c1-18(2,3)23-17(22)20-16-11-12-21(14-19(16,4)5)13-15-9-7-6-8-10-15/h6-10,16H,11-14H2,1-5H3,(H,20,22). The molecule has 128 valence electrons. The molecule has 1 aliphatic heterocycles. The Labute approximate surface area is 140 Å². The van der Waals surface area contributed by atoms with Gasteiger partial charge in [-0.15, -0.1) is 0 Å². The lowest BCUT2D eigenvalue weighted by Gasteiger charge is -2.44. The van der Waals surface area contributed by atoms with Gasteiger partial charge in [0, 0.05) is 25.7 Å². The second-order valence-electron chi connectivity index (χ2n) is 8.17. The average Bonchev–Trinajstić information content (AvgIpc) is 2.40. The smallest absolute Gasteiger partial charge is 0.407 e. The molecule has 1 heterocycles. The fraction of sp³-hybridized carbons (Fsp3) is 0.632. The van der Waals surface area contributed by atoms with Gasteiger partial charge in [-0.1, -0.05) is 44.2 Å². The van der Waals surface area contributed by atoms with Crippen molar-refractivity contribution in [1.82, 2.24) is 10.2 Å². The molecule has 1 aromatic rings. The maximum absolute atomic E-state index is 12.0. The first kappa shape index (κ1) is 17.8. The number of likely N-dealkylation sites (tertiary alicyclic amines) is 1. The highest BCUT2D eigenvalue weighted by Gasteiger charge is 2.37. The highest BCUT2D eigenvalue weighted by Crippen LogP contribution is 2.30. The molecular weight excluding hydrogens is 288 g/mol. The number of piperidine rings is 1. The third kappa shape index (κ3) is 5.54. The Hall–Kier alpha value is -1.55. The number of carbonyl (C=O) groups is 1. The summed E-state index contributed by atoms with van der Waals surface area (Å²) in [6.45, 7) is 13.0. The molecule has 1 aromatic carbocycles. The first-order valence-electron chi connectivity index (χ1n) is 8.41. The largest absolute Gasteiger partial charge is 0.444 e. The van der Waals surface area contributed by atoms with E-state index >= 15 is 0 Å². The van der Waals surface area contributed by atoms with E-state index in [1.807, 2.05) is 26.8 Å². The van der Waals surface area contributed by atoms with Crippen LogP contribution in [-0.2, 0) is 11.3 Å². The summed E-state index contributed by atoms with van der Waals surface area (Å²) in [5, 5.41) is 3.06. The van der Waals surface area contributed by atoms with Crippen molar-refractivity contribution < 1.29 is 9.53 Å². The SMILES string of the molecule is CC(C)(C)OC(=O)NC1CCN(Cc2ccccc2)CC1(C)C. The predicted molar refractivity (Wildman–Crippen MR) is 93.3 cm³/mol. The maximum atomic E-state index is 12.0. The molecule has 1 saturated heterocycles. The lowest BCUT2D eigenvalue weighted by atomic mass is 9.79. The minimum atomic E-state index is -0.456. The number of nitrogens with zero attached hydrogens (tertiary/aromatic N) is 1. The van der Waals surface area contributed by atoms with Crippen LogP contribution in [0.3, 0.4) is 0 Å². The fourth-order valence-electron chi connectivity index (χ4n) is 3.16. The summed E-state index contributed by atoms with van der Waals surface area (Å²) in [4.78, 5) is 14.5. The van der Waals surface area contributed by atoms with Crippen LogP contribution >= 0.6 is 0 Å². The molecule has 0 saturated carbocycles. The number of benzene rings is 1. The summed E-state index contributed by atoms with van der Waals surface area (Å²) in [6.07, 6.45) is 0.631. The quantitative estimate of drug-likeness (QED) is 0.921. The minimum Gasteiger partial charge on any atom is -0.444 e. The van der Waals surface area contributed by atoms with Crippen molar-refractivity contribution in [1.29, 1.82) is 0 Å². The van der Waals surface area contributed by atoms with Gasteiger partial charge >= 0.3 is 6.09 Å². The Balaban J connectivity index is 1.91. The van der Waals surface area contributed by atoms with Crippen molar-refractivity contribution in [2.24, 2.45) is 5.41 Å². The Morgan fingerprint density at radius 1 is 1.30 bits per heavy atom. The molecule has 4 nitrogen and oxygen atoms in total. The molecule has 1 atom stereocenters. The molecule has 23 heavy (non-hydrogen) atoms. The number of hydrogen-bond acceptors (Lipinski definition) is 3. The van der Waals surface area contributed by atoms with E-state index in [1.165, 1.54) is 5.56 Å². The van der Waals surface area contributed by atoms with Gasteiger partial charge in [-0.2, -0.15) is 0 Å². The van der Waals surface area contributed by atoms with E-state index in [0.717, 1.165) is 26.1 Å². The molecule has 1 fully saturated rings. The second kappa shape index (κ2) is 6.91. The van der Waals surface area contributed by atoms with Crippen LogP contribution in [-0.4, -0.2) is 35.7 Å². The zero-order valence-corrected chi connectivity index (χ0v) is 15.1. The first-order chi connectivity index (χ1) is 10.7. The molecule has 2 rings (SSSR count). The molecule has 0 aliphatic carbocycles. The summed E-state index contributed by atoms with van der Waals surface area (Å²) in [5.74, 6) is 0. The van der Waals surface area contributed by atoms with Crippen molar-refractivity contribution in [3.05, 3.63) is 35.9 Å². The topological polar surface area (TPSA) is 41.6 Å². The molecule has 4 heteroatoms. The van der Waals surface area contributed by atoms with Crippen molar-refractivity contribution in [2.45, 2.75) is 59.2 Å². The summed E-state index contributed by atoms with van der Waals surface area (Å²) < 4.78 is 5.39. The summed E-state index contributed by atoms with van der Waals surface area (Å²) >= 11 is 0. The van der Waals surface area contributed by atoms with Crippen LogP contribution in [0.4, 0.5) is 4.79 Å². The molecule has 1 N–H and O–H groups in total. The third-order valence-corrected chi connectivity index (χ3v) is 4.25. The Kier molecular flexibility index (Phi) is 5.35. The molecule has 0 aromatic heterocycles. The summed E-state index contributed by atoms with van der Waals surface area (Å²) in [7, 11) is 0. The van der Waals surface area contributed by atoms with Gasteiger partial charge in [0.25, 0.3) is 0 Å². The van der Waals surface area contributed by atoms with Crippen LogP contribution in [0.1, 0.15) is 46.6 Å². The number of rotatable bonds is 3. The van der Waals surface area contributed by atoms with Gasteiger partial charge in [-0.05, 0) is 38.2 Å². The monoisotopic (exact) mass is 318 g/mol. The van der Waals surface area contributed by atoms with E-state index in [4.69, 9.17) is 4.74 Å². The molecular formula is C19H30N2O2. The van der Waals surface area contributed by atoms with Crippen LogP contribution in [0, 0.1) is 5.41 Å². The first-order valence-corrected chi connectivity index (χ1v) is 8.41. The van der Waals surface area contributed by atoms with Gasteiger partial charge < -0.3 is 10.1 Å². The van der Waals surface area contributed by atoms with Gasteiger partial charge in [0.2, 0.25) is 0 Å². The number of hydrogen-bond donors (Lipinski definition) is 1. The highest BCUT2D eigenvalue weighted by molar-refractivity contribution is 5.68. The number of nitrogens with one attached hydrogen (secondary N) is 1. The highest BCUT2D eigenvalue weighted by atomic mass is 16.6. The number of ether oxygens (including phenoxy) is 1. The number of alkyl carbamates (subject to hydrolysis) is 1. The van der Waals surface area contributed by atoms with E-state index in [2.05, 4.69) is 48.3 Å². The molecule has 1 aliphatic rings. The van der Waals surface area contributed by atoms with Gasteiger partial charge in [-0.25, -0.2) is 4.79 Å². The molecule has 0 bridgehead atoms. The van der Waals surface area contributed by atoms with Crippen molar-refractivity contribution >= 4 is 6.09 Å². The van der Waals surface area contributed by atoms with E-state index in [-0.39, 0.29) is 17.6 Å². The van der Waals surface area contributed by atoms with Crippen molar-refractivity contribution in [3.63, 3.8) is 0 Å². The van der Waals surface area contributed by atoms with Gasteiger partial charge in [-0.3, -0.25) is 4.90 Å². The lowest BCUT2D eigenvalue weighted by Crippen LogP contribution is -2.56. The van der Waals surface area contributed by atoms with E-state index in [1.54, 1.807) is 0 Å². The molecule has 0 spiro atoms. The Morgan fingerprint density at radius 3 is 2.52 bits per heavy atom. The molecule has 1 unspecified atom stereocenters. The van der Waals surface area contributed by atoms with Crippen LogP contribution in [0.15, 0.2) is 30.3 Å². The second-order valence-corrected chi connectivity index (χ2v) is 8.17. The van der Waals surface area contributed by atoms with Crippen LogP contribution in [0.5, 0.6) is 0 Å². The van der Waals surface area contributed by atoms with Crippen LogP contribution < -0.4 is 5.32 Å². The summed E-state index contributed by atoms with van der Waals surface area (Å²) in [6, 6.07) is 10.7. The molecule has 1 amide bonds. The Morgan fingerprint density at radius 2 is 1.96 bits per heavy atom. The minimum absolute atomic E-state index is 0.0178. The van der Waals surface area contributed by atoms with Crippen molar-refractivity contribution in [3.8, 4) is 0 Å². The van der Waals surface area contributed by atoms with E-state index in [9.17, 15) is 4.79 Å². The zero-order valence-electron chi connectivity index (χ0n) is 15.1. The fourth-order valence-corrected chi connectivity index (χ4v) is 3.16. The van der Waals surface area contributed by atoms with Crippen LogP contribution in [0.2, 0.25) is 0 Å². The average molecular weight is 318 g/mol. The lowest BCUT2D eigenvalue weighted by molar-refractivity contribution is 0.0312. The zero-order chi connectivity index (χ0) is 17.1. The Bertz CT molecular complexity index is 520.